The first-order valence-electron chi connectivity index (χ1n) is 4.76. The van der Waals surface area contributed by atoms with Gasteiger partial charge in [-0.25, -0.2) is 4.79 Å². The molecule has 0 saturated heterocycles. The molecule has 2 N–H and O–H groups in total. The van der Waals surface area contributed by atoms with Crippen LogP contribution in [0, 0.1) is 0 Å². The lowest BCUT2D eigenvalue weighted by Gasteiger charge is -2.06. The maximum atomic E-state index is 11.6. The predicted molar refractivity (Wildman–Crippen MR) is 59.3 cm³/mol. The van der Waals surface area contributed by atoms with E-state index in [0.717, 1.165) is 12.1 Å². The van der Waals surface area contributed by atoms with Crippen LogP contribution in [-0.4, -0.2) is 22.0 Å². The molecule has 0 aliphatic carbocycles. The molecule has 0 aliphatic heterocycles. The highest BCUT2D eigenvalue weighted by Gasteiger charge is 2.17. The number of carboxylic acid groups (broad SMARTS) is 1. The normalized spacial score (nSPS) is 10.1. The lowest BCUT2D eigenvalue weighted by Crippen LogP contribution is -2.04. The molecule has 5 heteroatoms. The Bertz CT molecular complexity index is 440. The summed E-state index contributed by atoms with van der Waals surface area (Å²) in [5, 5.41) is 18.2. The number of aromatic carboxylic acids is 1. The zero-order valence-electron chi connectivity index (χ0n) is 8.66. The summed E-state index contributed by atoms with van der Waals surface area (Å²) in [4.78, 5) is 22.3. The van der Waals surface area contributed by atoms with Crippen molar-refractivity contribution in [3.8, 4) is 5.75 Å². The van der Waals surface area contributed by atoms with E-state index in [2.05, 4.69) is 0 Å². The Kier molecular flexibility index (Phi) is 3.90. The second-order valence-electron chi connectivity index (χ2n) is 3.33. The third kappa shape index (κ3) is 2.52. The van der Waals surface area contributed by atoms with Crippen LogP contribution < -0.4 is 0 Å². The number of aromatic hydroxyl groups is 1. The van der Waals surface area contributed by atoms with Gasteiger partial charge in [0.05, 0.1) is 5.02 Å². The molecule has 16 heavy (non-hydrogen) atoms. The van der Waals surface area contributed by atoms with Crippen molar-refractivity contribution in [2.24, 2.45) is 0 Å². The van der Waals surface area contributed by atoms with E-state index < -0.39 is 11.7 Å². The van der Waals surface area contributed by atoms with Crippen molar-refractivity contribution in [2.45, 2.75) is 19.8 Å². The van der Waals surface area contributed by atoms with Gasteiger partial charge < -0.3 is 10.2 Å². The fraction of sp³-hybridized carbons (Fsp3) is 0.273. The molecule has 0 unspecified atom stereocenters. The molecule has 0 aromatic heterocycles. The highest BCUT2D eigenvalue weighted by atomic mass is 35.5. The Balaban J connectivity index is 3.24. The molecule has 0 spiro atoms. The Hall–Kier alpha value is -1.55. The third-order valence-corrected chi connectivity index (χ3v) is 2.41. The highest BCUT2D eigenvalue weighted by molar-refractivity contribution is 6.34. The number of Topliss-reactive ketones (excluding diaryl/α,β-unsaturated/α-hetero) is 1. The van der Waals surface area contributed by atoms with Crippen molar-refractivity contribution < 1.29 is 19.8 Å². The number of halogens is 1. The van der Waals surface area contributed by atoms with Crippen LogP contribution in [0.15, 0.2) is 12.1 Å². The Morgan fingerprint density at radius 2 is 1.94 bits per heavy atom. The van der Waals surface area contributed by atoms with Gasteiger partial charge in [0, 0.05) is 18.1 Å². The largest absolute Gasteiger partial charge is 0.507 e. The van der Waals surface area contributed by atoms with E-state index in [4.69, 9.17) is 16.7 Å². The first-order chi connectivity index (χ1) is 7.47. The standard InChI is InChI=1S/C11H11ClO4/c1-2-3-9(13)6-4-7(11(15)16)10(14)5-8(6)12/h4-5,14H,2-3H2,1H3,(H,15,16). The van der Waals surface area contributed by atoms with Crippen molar-refractivity contribution >= 4 is 23.4 Å². The van der Waals surface area contributed by atoms with Crippen LogP contribution >= 0.6 is 11.6 Å². The first-order valence-corrected chi connectivity index (χ1v) is 5.14. The average molecular weight is 243 g/mol. The quantitative estimate of drug-likeness (QED) is 0.796. The van der Waals surface area contributed by atoms with Crippen LogP contribution in [0.4, 0.5) is 0 Å². The minimum absolute atomic E-state index is 0.0703. The Morgan fingerprint density at radius 3 is 2.44 bits per heavy atom. The summed E-state index contributed by atoms with van der Waals surface area (Å²) in [6, 6.07) is 2.19. The molecule has 0 saturated carbocycles. The van der Waals surface area contributed by atoms with E-state index in [-0.39, 0.29) is 21.9 Å². The van der Waals surface area contributed by atoms with Crippen LogP contribution in [0.1, 0.15) is 40.5 Å². The maximum Gasteiger partial charge on any atom is 0.339 e. The van der Waals surface area contributed by atoms with Crippen LogP contribution in [0.2, 0.25) is 5.02 Å². The van der Waals surface area contributed by atoms with E-state index in [1.807, 2.05) is 6.92 Å². The Labute approximate surface area is 97.5 Å². The summed E-state index contributed by atoms with van der Waals surface area (Å²) in [6.45, 7) is 1.84. The molecule has 4 nitrogen and oxygen atoms in total. The summed E-state index contributed by atoms with van der Waals surface area (Å²) >= 11 is 5.76. The predicted octanol–water partition coefficient (Wildman–Crippen LogP) is 2.73. The van der Waals surface area contributed by atoms with Gasteiger partial charge in [0.2, 0.25) is 0 Å². The van der Waals surface area contributed by atoms with Crippen molar-refractivity contribution in [2.75, 3.05) is 0 Å². The van der Waals surface area contributed by atoms with E-state index in [9.17, 15) is 14.7 Å². The lowest BCUT2D eigenvalue weighted by atomic mass is 10.0. The fourth-order valence-corrected chi connectivity index (χ4v) is 1.57. The minimum Gasteiger partial charge on any atom is -0.507 e. The van der Waals surface area contributed by atoms with Crippen LogP contribution in [-0.2, 0) is 0 Å². The maximum absolute atomic E-state index is 11.6. The number of benzene rings is 1. The van der Waals surface area contributed by atoms with E-state index >= 15 is 0 Å². The number of ketones is 1. The molecule has 0 amide bonds. The van der Waals surface area contributed by atoms with E-state index in [1.165, 1.54) is 0 Å². The number of carbonyl (C=O) groups is 2. The molecule has 0 fully saturated rings. The lowest BCUT2D eigenvalue weighted by molar-refractivity contribution is 0.0693. The molecular weight excluding hydrogens is 232 g/mol. The summed E-state index contributed by atoms with van der Waals surface area (Å²) in [5.41, 5.74) is -0.178. The van der Waals surface area contributed by atoms with Crippen LogP contribution in [0.5, 0.6) is 5.75 Å². The van der Waals surface area contributed by atoms with Gasteiger partial charge in [-0.3, -0.25) is 4.79 Å². The molecule has 86 valence electrons. The van der Waals surface area contributed by atoms with Gasteiger partial charge >= 0.3 is 5.97 Å². The van der Waals surface area contributed by atoms with Gasteiger partial charge in [-0.1, -0.05) is 18.5 Å². The zero-order valence-corrected chi connectivity index (χ0v) is 9.41. The van der Waals surface area contributed by atoms with Gasteiger partial charge in [-0.05, 0) is 12.5 Å². The molecule has 0 radical (unpaired) electrons. The smallest absolute Gasteiger partial charge is 0.339 e. The average Bonchev–Trinajstić information content (AvgIpc) is 2.17. The molecular formula is C11H11ClO4. The van der Waals surface area contributed by atoms with E-state index in [1.54, 1.807) is 0 Å². The second-order valence-corrected chi connectivity index (χ2v) is 3.73. The van der Waals surface area contributed by atoms with Crippen molar-refractivity contribution in [1.29, 1.82) is 0 Å². The Morgan fingerprint density at radius 1 is 1.31 bits per heavy atom. The van der Waals surface area contributed by atoms with Crippen LogP contribution in [0.25, 0.3) is 0 Å². The molecule has 1 aromatic carbocycles. The van der Waals surface area contributed by atoms with Crippen molar-refractivity contribution in [3.63, 3.8) is 0 Å². The summed E-state index contributed by atoms with van der Waals surface area (Å²) < 4.78 is 0. The number of carbonyl (C=O) groups excluding carboxylic acids is 1. The number of hydrogen-bond acceptors (Lipinski definition) is 3. The van der Waals surface area contributed by atoms with Gasteiger partial charge in [-0.15, -0.1) is 0 Å². The second kappa shape index (κ2) is 4.99. The minimum atomic E-state index is -1.29. The zero-order chi connectivity index (χ0) is 12.3. The molecule has 0 bridgehead atoms. The summed E-state index contributed by atoms with van der Waals surface area (Å²) in [6.07, 6.45) is 0.946. The fourth-order valence-electron chi connectivity index (χ4n) is 1.31. The molecule has 1 rings (SSSR count). The number of rotatable bonds is 4. The number of carboxylic acids is 1. The summed E-state index contributed by atoms with van der Waals surface area (Å²) in [7, 11) is 0. The van der Waals surface area contributed by atoms with Gasteiger partial charge in [-0.2, -0.15) is 0 Å². The topological polar surface area (TPSA) is 74.6 Å². The summed E-state index contributed by atoms with van der Waals surface area (Å²) in [5.74, 6) is -1.96. The number of phenols is 1. The first kappa shape index (κ1) is 12.5. The van der Waals surface area contributed by atoms with Gasteiger partial charge in [0.1, 0.15) is 11.3 Å². The molecule has 0 aliphatic rings. The third-order valence-electron chi connectivity index (χ3n) is 2.09. The highest BCUT2D eigenvalue weighted by Crippen LogP contribution is 2.27. The number of hydrogen-bond donors (Lipinski definition) is 2. The van der Waals surface area contributed by atoms with Gasteiger partial charge in [0.15, 0.2) is 5.78 Å². The van der Waals surface area contributed by atoms with Gasteiger partial charge in [0.25, 0.3) is 0 Å². The SMILES string of the molecule is CCCC(=O)c1cc(C(=O)O)c(O)cc1Cl. The monoisotopic (exact) mass is 242 g/mol. The van der Waals surface area contributed by atoms with Crippen LogP contribution in [0.3, 0.4) is 0 Å². The van der Waals surface area contributed by atoms with Crippen molar-refractivity contribution in [1.82, 2.24) is 0 Å². The molecule has 0 atom stereocenters. The van der Waals surface area contributed by atoms with Crippen molar-refractivity contribution in [3.05, 3.63) is 28.3 Å². The molecule has 0 heterocycles. The molecule has 1 aromatic rings. The van der Waals surface area contributed by atoms with E-state index in [0.29, 0.717) is 12.8 Å².